The molecule has 0 aromatic heterocycles. The molecule has 27 heavy (non-hydrogen) atoms. The van der Waals surface area contributed by atoms with Gasteiger partial charge in [0.05, 0.1) is 0 Å². The van der Waals surface area contributed by atoms with Gasteiger partial charge in [-0.05, 0) is 19.3 Å². The first-order valence-electron chi connectivity index (χ1n) is 8.70. The molecule has 0 rings (SSSR count). The van der Waals surface area contributed by atoms with Crippen LogP contribution in [-0.4, -0.2) is 75.3 Å². The first-order valence-corrected chi connectivity index (χ1v) is 9.75. The van der Waals surface area contributed by atoms with E-state index in [1.165, 1.54) is 11.8 Å². The largest absolute Gasteiger partial charge is 0.480 e. The van der Waals surface area contributed by atoms with Crippen molar-refractivity contribution in [2.75, 3.05) is 18.9 Å². The molecule has 0 bridgehead atoms. The van der Waals surface area contributed by atoms with Crippen molar-refractivity contribution in [1.29, 1.82) is 0 Å². The van der Waals surface area contributed by atoms with Gasteiger partial charge in [0.2, 0.25) is 11.8 Å². The number of aliphatic hydroxyl groups is 1. The molecule has 0 aromatic rings. The third-order valence-electron chi connectivity index (χ3n) is 3.63. The number of carbonyl (C=O) groups is 4. The van der Waals surface area contributed by atoms with Gasteiger partial charge in [0.1, 0.15) is 18.6 Å². The molecule has 11 heteroatoms. The molecule has 2 amide bonds. The maximum atomic E-state index is 12.2. The summed E-state index contributed by atoms with van der Waals surface area (Å²) in [5, 5.41) is 31.3. The molecule has 0 heterocycles. The average Bonchev–Trinajstić information content (AvgIpc) is 2.60. The lowest BCUT2D eigenvalue weighted by molar-refractivity contribution is -0.139. The summed E-state index contributed by atoms with van der Waals surface area (Å²) in [7, 11) is 0. The molecular weight excluding hydrogens is 379 g/mol. The van der Waals surface area contributed by atoms with E-state index in [0.29, 0.717) is 6.42 Å². The van der Waals surface area contributed by atoms with Gasteiger partial charge in [-0.3, -0.25) is 19.2 Å². The van der Waals surface area contributed by atoms with Gasteiger partial charge in [-0.1, -0.05) is 13.3 Å². The van der Waals surface area contributed by atoms with Crippen LogP contribution < -0.4 is 16.4 Å². The van der Waals surface area contributed by atoms with Crippen LogP contribution in [0.4, 0.5) is 0 Å². The van der Waals surface area contributed by atoms with Gasteiger partial charge >= 0.3 is 11.9 Å². The molecule has 0 aromatic carbocycles. The van der Waals surface area contributed by atoms with Crippen molar-refractivity contribution in [2.24, 2.45) is 5.73 Å². The number of rotatable bonds is 15. The van der Waals surface area contributed by atoms with Crippen LogP contribution in [0.15, 0.2) is 0 Å². The van der Waals surface area contributed by atoms with Crippen LogP contribution in [0, 0.1) is 0 Å². The topological polar surface area (TPSA) is 179 Å². The fourth-order valence-electron chi connectivity index (χ4n) is 2.15. The van der Waals surface area contributed by atoms with E-state index in [1.54, 1.807) is 0 Å². The zero-order chi connectivity index (χ0) is 20.8. The molecule has 0 aliphatic rings. The Hall–Kier alpha value is -1.85. The summed E-state index contributed by atoms with van der Waals surface area (Å²) in [4.78, 5) is 45.5. The Balaban J connectivity index is 4.80. The highest BCUT2D eigenvalue weighted by Gasteiger charge is 2.23. The molecule has 0 aliphatic heterocycles. The van der Waals surface area contributed by atoms with E-state index in [2.05, 4.69) is 10.6 Å². The lowest BCUT2D eigenvalue weighted by Crippen LogP contribution is -2.49. The SMILES string of the molecule is [13CH3]CCC(CCO)SC[C@H](NC(=O)CC[C@H](N)C(=O)O)C(=O)NCC(=O)O. The van der Waals surface area contributed by atoms with Gasteiger partial charge in [0.15, 0.2) is 0 Å². The van der Waals surface area contributed by atoms with E-state index in [0.717, 1.165) is 12.8 Å². The highest BCUT2D eigenvalue weighted by atomic mass is 32.2. The maximum absolute atomic E-state index is 12.2. The van der Waals surface area contributed by atoms with Crippen molar-refractivity contribution in [3.63, 3.8) is 0 Å². The average molecular weight is 408 g/mol. The van der Waals surface area contributed by atoms with Crippen molar-refractivity contribution in [3.8, 4) is 0 Å². The number of nitrogens with two attached hydrogens (primary N) is 1. The highest BCUT2D eigenvalue weighted by Crippen LogP contribution is 2.20. The van der Waals surface area contributed by atoms with Crippen LogP contribution in [0.2, 0.25) is 0 Å². The molecule has 0 saturated heterocycles. The Morgan fingerprint density at radius 2 is 1.78 bits per heavy atom. The lowest BCUT2D eigenvalue weighted by Gasteiger charge is -2.21. The molecule has 0 saturated carbocycles. The van der Waals surface area contributed by atoms with Gasteiger partial charge in [-0.2, -0.15) is 11.8 Å². The number of hydrogen-bond donors (Lipinski definition) is 6. The summed E-state index contributed by atoms with van der Waals surface area (Å²) in [6.45, 7) is 1.43. The van der Waals surface area contributed by atoms with Crippen molar-refractivity contribution in [1.82, 2.24) is 10.6 Å². The van der Waals surface area contributed by atoms with E-state index in [4.69, 9.17) is 21.1 Å². The maximum Gasteiger partial charge on any atom is 0.322 e. The molecule has 0 fully saturated rings. The van der Waals surface area contributed by atoms with Crippen LogP contribution >= 0.6 is 11.8 Å². The minimum atomic E-state index is -1.22. The smallest absolute Gasteiger partial charge is 0.322 e. The molecule has 3 atom stereocenters. The van der Waals surface area contributed by atoms with Crippen LogP contribution in [0.25, 0.3) is 0 Å². The second-order valence-corrected chi connectivity index (χ2v) is 7.30. The third-order valence-corrected chi connectivity index (χ3v) is 5.09. The fourth-order valence-corrected chi connectivity index (χ4v) is 3.53. The first kappa shape index (κ1) is 25.1. The summed E-state index contributed by atoms with van der Waals surface area (Å²) in [5.41, 5.74) is 5.35. The molecule has 7 N–H and O–H groups in total. The van der Waals surface area contributed by atoms with Gasteiger partial charge in [0, 0.05) is 24.0 Å². The monoisotopic (exact) mass is 408 g/mol. The number of aliphatic carboxylic acids is 2. The van der Waals surface area contributed by atoms with Gasteiger partial charge in [-0.15, -0.1) is 0 Å². The van der Waals surface area contributed by atoms with E-state index in [1.807, 2.05) is 6.92 Å². The molecule has 0 spiro atoms. The number of amides is 2. The van der Waals surface area contributed by atoms with Gasteiger partial charge in [0.25, 0.3) is 0 Å². The molecule has 1 unspecified atom stereocenters. The minimum absolute atomic E-state index is 0.00692. The Morgan fingerprint density at radius 1 is 1.11 bits per heavy atom. The molecule has 156 valence electrons. The molecular formula is C16H29N3O7S. The summed E-state index contributed by atoms with van der Waals surface area (Å²) >= 11 is 1.41. The lowest BCUT2D eigenvalue weighted by atomic mass is 10.1. The van der Waals surface area contributed by atoms with Gasteiger partial charge in [-0.25, -0.2) is 0 Å². The van der Waals surface area contributed by atoms with Crippen molar-refractivity contribution in [2.45, 2.75) is 56.4 Å². The Kier molecular flexibility index (Phi) is 13.3. The Morgan fingerprint density at radius 3 is 2.30 bits per heavy atom. The Labute approximate surface area is 162 Å². The second kappa shape index (κ2) is 14.2. The number of carboxylic acids is 2. The first-order chi connectivity index (χ1) is 12.7. The molecule has 0 radical (unpaired) electrons. The van der Waals surface area contributed by atoms with Crippen LogP contribution in [-0.2, 0) is 19.2 Å². The van der Waals surface area contributed by atoms with E-state index in [-0.39, 0.29) is 30.5 Å². The van der Waals surface area contributed by atoms with E-state index < -0.39 is 42.4 Å². The van der Waals surface area contributed by atoms with Crippen molar-refractivity contribution < 1.29 is 34.5 Å². The quantitative estimate of drug-likeness (QED) is 0.188. The number of thioether (sulfide) groups is 1. The molecule has 10 nitrogen and oxygen atoms in total. The molecule has 0 aliphatic carbocycles. The third kappa shape index (κ3) is 12.2. The van der Waals surface area contributed by atoms with Crippen molar-refractivity contribution >= 4 is 35.5 Å². The number of hydrogen-bond acceptors (Lipinski definition) is 7. The fraction of sp³-hybridized carbons (Fsp3) is 0.750. The van der Waals surface area contributed by atoms with Crippen LogP contribution in [0.1, 0.15) is 39.0 Å². The van der Waals surface area contributed by atoms with Crippen LogP contribution in [0.3, 0.4) is 0 Å². The highest BCUT2D eigenvalue weighted by molar-refractivity contribution is 7.99. The van der Waals surface area contributed by atoms with Crippen molar-refractivity contribution in [3.05, 3.63) is 0 Å². The van der Waals surface area contributed by atoms with E-state index >= 15 is 0 Å². The number of nitrogens with one attached hydrogen (secondary N) is 2. The number of carbonyl (C=O) groups excluding carboxylic acids is 2. The predicted octanol–water partition coefficient (Wildman–Crippen LogP) is -0.852. The zero-order valence-corrected chi connectivity index (χ0v) is 16.2. The summed E-state index contributed by atoms with van der Waals surface area (Å²) in [6, 6.07) is -2.15. The number of carboxylic acid groups (broad SMARTS) is 2. The second-order valence-electron chi connectivity index (χ2n) is 5.97. The zero-order valence-electron chi connectivity index (χ0n) is 15.3. The minimum Gasteiger partial charge on any atom is -0.480 e. The summed E-state index contributed by atoms with van der Waals surface area (Å²) < 4.78 is 0. The van der Waals surface area contributed by atoms with Gasteiger partial charge < -0.3 is 31.7 Å². The van der Waals surface area contributed by atoms with Crippen LogP contribution in [0.5, 0.6) is 0 Å². The summed E-state index contributed by atoms with van der Waals surface area (Å²) in [5.74, 6) is -3.41. The number of aliphatic hydroxyl groups excluding tert-OH is 1. The summed E-state index contributed by atoms with van der Waals surface area (Å²) in [6.07, 6.45) is 2.02. The normalized spacial score (nSPS) is 14.0. The standard InChI is InChI=1S/C16H29N3O7S/c1-2-3-10(6-7-20)27-9-12(15(24)18-8-14(22)23)19-13(21)5-4-11(17)16(25)26/h10-12,20H,2-9,17H2,1H3,(H,18,24)(H,19,21)(H,22,23)(H,25,26)/t10?,11-,12-/m0/s1/i1+1. The van der Waals surface area contributed by atoms with E-state index in [9.17, 15) is 19.2 Å². The predicted molar refractivity (Wildman–Crippen MR) is 100 cm³/mol. The Bertz CT molecular complexity index is 498.